The maximum atomic E-state index is 11.5. The molecular formula is C14H18N4O3. The number of imidazole rings is 1. The third-order valence-electron chi connectivity index (χ3n) is 3.23. The van der Waals surface area contributed by atoms with E-state index in [0.717, 1.165) is 0 Å². The third-order valence-corrected chi connectivity index (χ3v) is 3.23. The molecule has 1 N–H and O–H groups in total. The van der Waals surface area contributed by atoms with Crippen LogP contribution in [0, 0.1) is 0 Å². The van der Waals surface area contributed by atoms with Crippen molar-refractivity contribution in [2.24, 2.45) is 0 Å². The van der Waals surface area contributed by atoms with E-state index in [4.69, 9.17) is 4.74 Å². The van der Waals surface area contributed by atoms with Crippen LogP contribution in [-0.4, -0.2) is 51.2 Å². The summed E-state index contributed by atoms with van der Waals surface area (Å²) in [6, 6.07) is 2.64. The molecule has 0 aromatic carbocycles. The standard InChI is InChI=1S/C14H18N4O3/c1-17(7-8-18-6-5-15-10-18)13(14(19)20)11-3-4-12(21-2)16-9-11/h3-6,9-10,13H,7-8H2,1-2H3,(H,19,20)/t13-/m1/s1. The molecule has 2 aromatic heterocycles. The van der Waals surface area contributed by atoms with Crippen LogP contribution in [0.5, 0.6) is 5.88 Å². The van der Waals surface area contributed by atoms with Crippen LogP contribution >= 0.6 is 0 Å². The zero-order chi connectivity index (χ0) is 15.2. The van der Waals surface area contributed by atoms with Gasteiger partial charge in [-0.2, -0.15) is 0 Å². The van der Waals surface area contributed by atoms with E-state index in [1.54, 1.807) is 36.6 Å². The topological polar surface area (TPSA) is 80.5 Å². The van der Waals surface area contributed by atoms with Crippen LogP contribution in [0.3, 0.4) is 0 Å². The van der Waals surface area contributed by atoms with Gasteiger partial charge in [0.1, 0.15) is 6.04 Å². The second kappa shape index (κ2) is 6.85. The molecule has 2 heterocycles. The maximum Gasteiger partial charge on any atom is 0.325 e. The summed E-state index contributed by atoms with van der Waals surface area (Å²) in [4.78, 5) is 21.3. The van der Waals surface area contributed by atoms with Crippen molar-refractivity contribution in [3.05, 3.63) is 42.6 Å². The summed E-state index contributed by atoms with van der Waals surface area (Å²) in [5, 5.41) is 9.46. The maximum absolute atomic E-state index is 11.5. The molecule has 1 atom stereocenters. The summed E-state index contributed by atoms with van der Waals surface area (Å²) in [6.45, 7) is 1.25. The van der Waals surface area contributed by atoms with Crippen LogP contribution in [0.25, 0.3) is 0 Å². The number of carboxylic acids is 1. The number of aliphatic carboxylic acids is 1. The van der Waals surface area contributed by atoms with E-state index in [2.05, 4.69) is 9.97 Å². The Morgan fingerprint density at radius 3 is 2.86 bits per heavy atom. The highest BCUT2D eigenvalue weighted by Crippen LogP contribution is 2.20. The van der Waals surface area contributed by atoms with Crippen LogP contribution < -0.4 is 4.74 Å². The molecule has 2 rings (SSSR count). The van der Waals surface area contributed by atoms with Gasteiger partial charge in [0.2, 0.25) is 5.88 Å². The van der Waals surface area contributed by atoms with Crippen molar-refractivity contribution >= 4 is 5.97 Å². The minimum absolute atomic E-state index is 0.462. The summed E-state index contributed by atoms with van der Waals surface area (Å²) < 4.78 is 6.89. The van der Waals surface area contributed by atoms with Crippen molar-refractivity contribution < 1.29 is 14.6 Å². The molecule has 0 fully saturated rings. The first-order valence-electron chi connectivity index (χ1n) is 6.50. The van der Waals surface area contributed by atoms with Crippen molar-refractivity contribution in [2.75, 3.05) is 20.7 Å². The van der Waals surface area contributed by atoms with Gasteiger partial charge in [0.15, 0.2) is 0 Å². The van der Waals surface area contributed by atoms with Gasteiger partial charge in [-0.05, 0) is 18.7 Å². The summed E-state index contributed by atoms with van der Waals surface area (Å²) in [5.41, 5.74) is 0.622. The number of aromatic nitrogens is 3. The second-order valence-electron chi connectivity index (χ2n) is 4.66. The van der Waals surface area contributed by atoms with Crippen molar-refractivity contribution in [3.8, 4) is 5.88 Å². The lowest BCUT2D eigenvalue weighted by molar-refractivity contribution is -0.143. The number of hydrogen-bond donors (Lipinski definition) is 1. The number of pyridine rings is 1. The van der Waals surface area contributed by atoms with Gasteiger partial charge >= 0.3 is 5.97 Å². The highest BCUT2D eigenvalue weighted by molar-refractivity contribution is 5.75. The second-order valence-corrected chi connectivity index (χ2v) is 4.66. The first-order valence-corrected chi connectivity index (χ1v) is 6.50. The molecule has 21 heavy (non-hydrogen) atoms. The molecule has 0 amide bonds. The zero-order valence-corrected chi connectivity index (χ0v) is 12.0. The molecule has 0 spiro atoms. The monoisotopic (exact) mass is 290 g/mol. The summed E-state index contributed by atoms with van der Waals surface area (Å²) in [7, 11) is 3.30. The molecule has 2 aromatic rings. The number of hydrogen-bond acceptors (Lipinski definition) is 5. The Balaban J connectivity index is 2.07. The highest BCUT2D eigenvalue weighted by atomic mass is 16.5. The van der Waals surface area contributed by atoms with Crippen molar-refractivity contribution in [2.45, 2.75) is 12.6 Å². The largest absolute Gasteiger partial charge is 0.481 e. The first kappa shape index (κ1) is 15.0. The fourth-order valence-electron chi connectivity index (χ4n) is 2.08. The molecular weight excluding hydrogens is 272 g/mol. The molecule has 0 aliphatic heterocycles. The molecule has 7 heteroatoms. The Labute approximate surface area is 122 Å². The number of ether oxygens (including phenoxy) is 1. The quantitative estimate of drug-likeness (QED) is 0.821. The number of carboxylic acid groups (broad SMARTS) is 1. The van der Waals surface area contributed by atoms with Crippen molar-refractivity contribution in [1.82, 2.24) is 19.4 Å². The van der Waals surface area contributed by atoms with E-state index < -0.39 is 12.0 Å². The lowest BCUT2D eigenvalue weighted by Crippen LogP contribution is -2.33. The minimum Gasteiger partial charge on any atom is -0.481 e. The normalized spacial score (nSPS) is 12.3. The Hall–Kier alpha value is -2.41. The third kappa shape index (κ3) is 3.79. The Bertz CT molecular complexity index is 568. The summed E-state index contributed by atoms with van der Waals surface area (Å²) in [6.07, 6.45) is 6.78. The van der Waals surface area contributed by atoms with E-state index in [-0.39, 0.29) is 0 Å². The molecule has 0 saturated carbocycles. The average Bonchev–Trinajstić information content (AvgIpc) is 2.99. The molecule has 0 saturated heterocycles. The molecule has 0 aliphatic carbocycles. The first-order chi connectivity index (χ1) is 10.1. The molecule has 7 nitrogen and oxygen atoms in total. The van der Waals surface area contributed by atoms with Gasteiger partial charge in [0.05, 0.1) is 13.4 Å². The van der Waals surface area contributed by atoms with Gasteiger partial charge in [-0.15, -0.1) is 0 Å². The zero-order valence-electron chi connectivity index (χ0n) is 12.0. The Morgan fingerprint density at radius 2 is 2.33 bits per heavy atom. The van der Waals surface area contributed by atoms with E-state index in [1.165, 1.54) is 13.3 Å². The van der Waals surface area contributed by atoms with Gasteiger partial charge in [-0.25, -0.2) is 9.97 Å². The Kier molecular flexibility index (Phi) is 4.89. The van der Waals surface area contributed by atoms with E-state index in [9.17, 15) is 9.90 Å². The van der Waals surface area contributed by atoms with Crippen LogP contribution in [0.4, 0.5) is 0 Å². The molecule has 0 unspecified atom stereocenters. The van der Waals surface area contributed by atoms with Crippen molar-refractivity contribution in [3.63, 3.8) is 0 Å². The predicted octanol–water partition coefficient (Wildman–Crippen LogP) is 1.04. The minimum atomic E-state index is -0.907. The average molecular weight is 290 g/mol. The van der Waals surface area contributed by atoms with E-state index >= 15 is 0 Å². The van der Waals surface area contributed by atoms with E-state index in [1.807, 2.05) is 10.8 Å². The fourth-order valence-corrected chi connectivity index (χ4v) is 2.08. The smallest absolute Gasteiger partial charge is 0.325 e. The number of methoxy groups -OCH3 is 1. The van der Waals surface area contributed by atoms with Crippen molar-refractivity contribution in [1.29, 1.82) is 0 Å². The van der Waals surface area contributed by atoms with Gasteiger partial charge < -0.3 is 14.4 Å². The lowest BCUT2D eigenvalue weighted by atomic mass is 10.1. The molecule has 0 bridgehead atoms. The van der Waals surface area contributed by atoms with Crippen LogP contribution in [-0.2, 0) is 11.3 Å². The number of rotatable bonds is 7. The molecule has 0 aliphatic rings. The van der Waals surface area contributed by atoms with Gasteiger partial charge in [-0.1, -0.05) is 0 Å². The summed E-state index contributed by atoms with van der Waals surface area (Å²) in [5.74, 6) is -0.445. The highest BCUT2D eigenvalue weighted by Gasteiger charge is 2.24. The Morgan fingerprint density at radius 1 is 1.52 bits per heavy atom. The number of carbonyl (C=O) groups is 1. The van der Waals surface area contributed by atoms with Gasteiger partial charge in [0, 0.05) is 37.7 Å². The fraction of sp³-hybridized carbons (Fsp3) is 0.357. The van der Waals surface area contributed by atoms with Gasteiger partial charge in [-0.3, -0.25) is 9.69 Å². The SMILES string of the molecule is COc1ccc([C@H](C(=O)O)N(C)CCn2ccnc2)cn1. The number of nitrogens with zero attached hydrogens (tertiary/aromatic N) is 4. The van der Waals surface area contributed by atoms with Gasteiger partial charge in [0.25, 0.3) is 0 Å². The predicted molar refractivity (Wildman–Crippen MR) is 76.0 cm³/mol. The summed E-state index contributed by atoms with van der Waals surface area (Å²) >= 11 is 0. The molecule has 112 valence electrons. The van der Waals surface area contributed by atoms with E-state index in [0.29, 0.717) is 24.5 Å². The van der Waals surface area contributed by atoms with Crippen LogP contribution in [0.1, 0.15) is 11.6 Å². The lowest BCUT2D eigenvalue weighted by Gasteiger charge is -2.24. The van der Waals surface area contributed by atoms with Crippen LogP contribution in [0.15, 0.2) is 37.1 Å². The molecule has 0 radical (unpaired) electrons. The number of likely N-dealkylation sites (N-methyl/N-ethyl adjacent to an activating group) is 1. The van der Waals surface area contributed by atoms with Crippen LogP contribution in [0.2, 0.25) is 0 Å².